The van der Waals surface area contributed by atoms with Gasteiger partial charge in [0.15, 0.2) is 18.9 Å². The monoisotopic (exact) mass is 522 g/mol. The molecular weight excluding hydrogens is 485 g/mol. The van der Waals surface area contributed by atoms with Gasteiger partial charge in [-0.1, -0.05) is 39.0 Å². The highest BCUT2D eigenvalue weighted by Gasteiger charge is 2.33. The van der Waals surface area contributed by atoms with Crippen molar-refractivity contribution in [2.24, 2.45) is 11.1 Å². The molecule has 36 heavy (non-hydrogen) atoms. The second kappa shape index (κ2) is 13.5. The summed E-state index contributed by atoms with van der Waals surface area (Å²) in [5.41, 5.74) is 5.52. The van der Waals surface area contributed by atoms with Crippen LogP contribution in [0.2, 0.25) is 0 Å². The van der Waals surface area contributed by atoms with Gasteiger partial charge in [-0.15, -0.1) is 0 Å². The number of aryl methyl sites for hydroxylation is 1. The number of carbonyl (C=O) groups excluding carboxylic acids is 2. The molecule has 1 aromatic heterocycles. The molecule has 1 aromatic carbocycles. The SMILES string of the molecule is COC(CC[n+]1cccc(C(N)=O)c1)COP(=O)(NC(C)C(=O)OCC(C)(C)C)Oc1ccccc1. The number of nitrogens with two attached hydrogens (primary N) is 1. The maximum Gasteiger partial charge on any atom is 0.459 e. The Hall–Kier alpha value is -2.78. The maximum atomic E-state index is 13.6. The van der Waals surface area contributed by atoms with E-state index in [2.05, 4.69) is 5.09 Å². The third-order valence-electron chi connectivity index (χ3n) is 4.94. The maximum absolute atomic E-state index is 13.6. The zero-order valence-electron chi connectivity index (χ0n) is 21.5. The molecule has 3 unspecified atom stereocenters. The minimum Gasteiger partial charge on any atom is -0.464 e. The fraction of sp³-hybridized carbons (Fsp3) is 0.480. The van der Waals surface area contributed by atoms with Crippen LogP contribution in [0, 0.1) is 5.41 Å². The van der Waals surface area contributed by atoms with Gasteiger partial charge in [0.05, 0.1) is 19.3 Å². The van der Waals surface area contributed by atoms with E-state index in [-0.39, 0.29) is 18.6 Å². The summed E-state index contributed by atoms with van der Waals surface area (Å²) >= 11 is 0. The van der Waals surface area contributed by atoms with Crippen LogP contribution in [-0.4, -0.2) is 44.3 Å². The zero-order chi connectivity index (χ0) is 26.8. The number of hydrogen-bond acceptors (Lipinski definition) is 7. The van der Waals surface area contributed by atoms with Gasteiger partial charge in [0.1, 0.15) is 17.4 Å². The number of methoxy groups -OCH3 is 1. The smallest absolute Gasteiger partial charge is 0.459 e. The lowest BCUT2D eigenvalue weighted by Gasteiger charge is -2.25. The Bertz CT molecular complexity index is 1040. The van der Waals surface area contributed by atoms with Gasteiger partial charge in [0.25, 0.3) is 5.91 Å². The first kappa shape index (κ1) is 29.5. The summed E-state index contributed by atoms with van der Waals surface area (Å²) in [5.74, 6) is -0.771. The van der Waals surface area contributed by atoms with Crippen LogP contribution in [0.5, 0.6) is 5.75 Å². The first-order valence-corrected chi connectivity index (χ1v) is 13.2. The number of benzene rings is 1. The van der Waals surface area contributed by atoms with E-state index in [4.69, 9.17) is 24.3 Å². The summed E-state index contributed by atoms with van der Waals surface area (Å²) in [6.45, 7) is 7.99. The molecule has 0 saturated carbocycles. The van der Waals surface area contributed by atoms with E-state index in [1.807, 2.05) is 20.8 Å². The number of ether oxygens (including phenoxy) is 2. The van der Waals surface area contributed by atoms with Gasteiger partial charge in [-0.3, -0.25) is 14.1 Å². The highest BCUT2D eigenvalue weighted by molar-refractivity contribution is 7.52. The number of amides is 1. The first-order chi connectivity index (χ1) is 16.9. The van der Waals surface area contributed by atoms with Crippen LogP contribution < -0.4 is 19.9 Å². The van der Waals surface area contributed by atoms with Crippen LogP contribution in [0.3, 0.4) is 0 Å². The van der Waals surface area contributed by atoms with E-state index in [0.717, 1.165) is 0 Å². The van der Waals surface area contributed by atoms with Crippen molar-refractivity contribution < 1.29 is 37.2 Å². The van der Waals surface area contributed by atoms with Gasteiger partial charge in [-0.25, -0.2) is 9.13 Å². The number of hydrogen-bond donors (Lipinski definition) is 2. The molecule has 0 aliphatic heterocycles. The van der Waals surface area contributed by atoms with Crippen molar-refractivity contribution in [1.29, 1.82) is 0 Å². The van der Waals surface area contributed by atoms with E-state index >= 15 is 0 Å². The van der Waals surface area contributed by atoms with Crippen LogP contribution in [0.25, 0.3) is 0 Å². The number of pyridine rings is 1. The van der Waals surface area contributed by atoms with E-state index in [1.54, 1.807) is 59.4 Å². The topological polar surface area (TPSA) is 130 Å². The van der Waals surface area contributed by atoms with Crippen LogP contribution >= 0.6 is 7.75 Å². The van der Waals surface area contributed by atoms with Crippen molar-refractivity contribution >= 4 is 19.6 Å². The summed E-state index contributed by atoms with van der Waals surface area (Å²) in [4.78, 5) is 23.9. The lowest BCUT2D eigenvalue weighted by atomic mass is 9.99. The number of nitrogens with one attached hydrogen (secondary N) is 1. The molecule has 0 spiro atoms. The third-order valence-corrected chi connectivity index (χ3v) is 6.58. The number of carbonyl (C=O) groups is 2. The molecule has 0 bridgehead atoms. The lowest BCUT2D eigenvalue weighted by Crippen LogP contribution is -2.38. The zero-order valence-corrected chi connectivity index (χ0v) is 22.4. The Morgan fingerprint density at radius 1 is 1.14 bits per heavy atom. The molecule has 10 nitrogen and oxygen atoms in total. The van der Waals surface area contributed by atoms with E-state index < -0.39 is 31.8 Å². The molecule has 1 amide bonds. The van der Waals surface area contributed by atoms with E-state index in [1.165, 1.54) is 14.0 Å². The molecule has 0 fully saturated rings. The summed E-state index contributed by atoms with van der Waals surface area (Å²) < 4.78 is 37.6. The second-order valence-corrected chi connectivity index (χ2v) is 11.3. The Morgan fingerprint density at radius 2 is 1.83 bits per heavy atom. The first-order valence-electron chi connectivity index (χ1n) is 11.7. The number of rotatable bonds is 14. The summed E-state index contributed by atoms with van der Waals surface area (Å²) in [5, 5.41) is 2.68. The minimum absolute atomic E-state index is 0.0760. The summed E-state index contributed by atoms with van der Waals surface area (Å²) in [6, 6.07) is 10.9. The van der Waals surface area contributed by atoms with Crippen molar-refractivity contribution in [2.75, 3.05) is 20.3 Å². The number of para-hydroxylation sites is 1. The van der Waals surface area contributed by atoms with Crippen LogP contribution in [0.15, 0.2) is 54.9 Å². The van der Waals surface area contributed by atoms with Crippen LogP contribution in [-0.2, 0) is 29.9 Å². The number of primary amides is 1. The molecule has 0 aliphatic rings. The molecule has 0 radical (unpaired) electrons. The largest absolute Gasteiger partial charge is 0.464 e. The van der Waals surface area contributed by atoms with Crippen molar-refractivity contribution in [3.63, 3.8) is 0 Å². The van der Waals surface area contributed by atoms with Gasteiger partial charge < -0.3 is 19.7 Å². The number of nitrogens with zero attached hydrogens (tertiary/aromatic N) is 1. The summed E-state index contributed by atoms with van der Waals surface area (Å²) in [7, 11) is -2.48. The minimum atomic E-state index is -4.00. The van der Waals surface area contributed by atoms with Gasteiger partial charge in [0.2, 0.25) is 0 Å². The molecule has 1 heterocycles. The van der Waals surface area contributed by atoms with Gasteiger partial charge in [0, 0.05) is 19.6 Å². The Labute approximate surface area is 212 Å². The van der Waals surface area contributed by atoms with E-state index in [9.17, 15) is 14.2 Å². The molecule has 3 atom stereocenters. The van der Waals surface area contributed by atoms with Gasteiger partial charge in [-0.05, 0) is 30.5 Å². The van der Waals surface area contributed by atoms with Gasteiger partial charge >= 0.3 is 13.7 Å². The standard InChI is InChI=1S/C25H36N3O7P/c1-19(24(30)33-18-25(2,3)4)27-36(31,35-21-11-7-6-8-12-21)34-17-22(32-5)13-15-28-14-9-10-20(16-28)23(26)29/h6-12,14,16,19,22H,13,15,17-18H2,1-5H3,(H2-,26,27,29,31)/p+1. The van der Waals surface area contributed by atoms with Crippen molar-refractivity contribution in [2.45, 2.75) is 52.8 Å². The fourth-order valence-corrected chi connectivity index (χ4v) is 4.48. The van der Waals surface area contributed by atoms with Crippen molar-refractivity contribution in [3.05, 3.63) is 60.4 Å². The second-order valence-electron chi connectivity index (χ2n) is 9.56. The lowest BCUT2D eigenvalue weighted by molar-refractivity contribution is -0.698. The average Bonchev–Trinajstić information content (AvgIpc) is 2.82. The Morgan fingerprint density at radius 3 is 2.44 bits per heavy atom. The molecule has 198 valence electrons. The normalized spacial score (nSPS) is 14.9. The van der Waals surface area contributed by atoms with Crippen LogP contribution in [0.1, 0.15) is 44.5 Å². The molecule has 3 N–H and O–H groups in total. The van der Waals surface area contributed by atoms with E-state index in [0.29, 0.717) is 24.3 Å². The Kier molecular flexibility index (Phi) is 11.0. The quantitative estimate of drug-likeness (QED) is 0.220. The van der Waals surface area contributed by atoms with Crippen molar-refractivity contribution in [3.8, 4) is 5.75 Å². The van der Waals surface area contributed by atoms with Gasteiger partial charge in [-0.2, -0.15) is 5.09 Å². The average molecular weight is 523 g/mol. The third kappa shape index (κ3) is 10.5. The number of aromatic nitrogens is 1. The predicted octanol–water partition coefficient (Wildman–Crippen LogP) is 3.25. The Balaban J connectivity index is 2.06. The predicted molar refractivity (Wildman–Crippen MR) is 134 cm³/mol. The number of esters is 1. The van der Waals surface area contributed by atoms with Crippen molar-refractivity contribution in [1.82, 2.24) is 5.09 Å². The highest BCUT2D eigenvalue weighted by Crippen LogP contribution is 2.45. The molecule has 2 rings (SSSR count). The molecule has 2 aromatic rings. The molecular formula is C25H37N3O7P+. The fourth-order valence-electron chi connectivity index (χ4n) is 2.96. The molecule has 0 saturated heterocycles. The van der Waals surface area contributed by atoms with Crippen LogP contribution in [0.4, 0.5) is 0 Å². The molecule has 11 heteroatoms. The summed E-state index contributed by atoms with van der Waals surface area (Å²) in [6.07, 6.45) is 3.48. The molecule has 0 aliphatic carbocycles. The highest BCUT2D eigenvalue weighted by atomic mass is 31.2.